The fourth-order valence-corrected chi connectivity index (χ4v) is 2.19. The van der Waals surface area contributed by atoms with E-state index in [0.717, 1.165) is 26.3 Å². The van der Waals surface area contributed by atoms with Gasteiger partial charge < -0.3 is 14.6 Å². The van der Waals surface area contributed by atoms with E-state index in [0.29, 0.717) is 11.8 Å². The van der Waals surface area contributed by atoms with Crippen molar-refractivity contribution in [2.75, 3.05) is 19.8 Å². The van der Waals surface area contributed by atoms with Crippen LogP contribution in [0.25, 0.3) is 0 Å². The summed E-state index contributed by atoms with van der Waals surface area (Å²) in [6.45, 7) is 7.85. The molecule has 1 aromatic rings. The Balaban J connectivity index is 1.98. The lowest BCUT2D eigenvalue weighted by molar-refractivity contribution is 0.0939. The molecule has 1 aliphatic heterocycles. The molecule has 16 heavy (non-hydrogen) atoms. The van der Waals surface area contributed by atoms with Crippen LogP contribution in [-0.4, -0.2) is 29.3 Å². The molecule has 0 saturated carbocycles. The van der Waals surface area contributed by atoms with Crippen LogP contribution in [0.5, 0.6) is 0 Å². The van der Waals surface area contributed by atoms with E-state index in [1.807, 2.05) is 6.33 Å². The van der Waals surface area contributed by atoms with Gasteiger partial charge in [-0.15, -0.1) is 0 Å². The maximum absolute atomic E-state index is 5.73. The van der Waals surface area contributed by atoms with Gasteiger partial charge in [0.1, 0.15) is 0 Å². The molecule has 1 N–H and O–H groups in total. The molecule has 4 nitrogen and oxygen atoms in total. The zero-order valence-electron chi connectivity index (χ0n) is 10.4. The van der Waals surface area contributed by atoms with Crippen molar-refractivity contribution in [2.45, 2.75) is 26.3 Å². The van der Waals surface area contributed by atoms with E-state index in [1.54, 1.807) is 0 Å². The average Bonchev–Trinajstić information content (AvgIpc) is 2.61. The largest absolute Gasteiger partial charge is 0.380 e. The highest BCUT2D eigenvalue weighted by molar-refractivity contribution is 5.21. The number of rotatable bonds is 4. The van der Waals surface area contributed by atoms with Gasteiger partial charge in [0.2, 0.25) is 0 Å². The normalized spacial score (nSPS) is 20.1. The highest BCUT2D eigenvalue weighted by Crippen LogP contribution is 2.22. The van der Waals surface area contributed by atoms with Gasteiger partial charge in [0.25, 0.3) is 0 Å². The Morgan fingerprint density at radius 3 is 3.19 bits per heavy atom. The summed E-state index contributed by atoms with van der Waals surface area (Å²) < 4.78 is 7.86. The van der Waals surface area contributed by atoms with Crippen LogP contribution in [0.15, 0.2) is 6.33 Å². The minimum absolute atomic E-state index is 0.440. The van der Waals surface area contributed by atoms with Crippen LogP contribution >= 0.6 is 0 Å². The van der Waals surface area contributed by atoms with Crippen LogP contribution in [0.3, 0.4) is 0 Å². The second-order valence-electron chi connectivity index (χ2n) is 4.95. The Morgan fingerprint density at radius 2 is 2.44 bits per heavy atom. The number of nitrogens with zero attached hydrogens (tertiary/aromatic N) is 2. The van der Waals surface area contributed by atoms with Gasteiger partial charge in [-0.3, -0.25) is 0 Å². The topological polar surface area (TPSA) is 39.1 Å². The summed E-state index contributed by atoms with van der Waals surface area (Å²) in [5.74, 6) is 1.04. The van der Waals surface area contributed by atoms with Gasteiger partial charge >= 0.3 is 0 Å². The van der Waals surface area contributed by atoms with Gasteiger partial charge in [-0.1, -0.05) is 13.8 Å². The molecule has 4 heteroatoms. The number of ether oxygens (including phenoxy) is 1. The van der Waals surface area contributed by atoms with Crippen molar-refractivity contribution in [3.05, 3.63) is 17.7 Å². The average molecular weight is 223 g/mol. The zero-order valence-corrected chi connectivity index (χ0v) is 10.4. The number of imidazole rings is 1. The molecule has 0 spiro atoms. The molecule has 0 aliphatic carbocycles. The summed E-state index contributed by atoms with van der Waals surface area (Å²) in [5.41, 5.74) is 2.51. The van der Waals surface area contributed by atoms with Gasteiger partial charge in [-0.2, -0.15) is 0 Å². The van der Waals surface area contributed by atoms with Crippen LogP contribution < -0.4 is 5.32 Å². The molecule has 0 aromatic carbocycles. The molecule has 0 unspecified atom stereocenters. The first-order chi connectivity index (χ1) is 7.68. The third-order valence-corrected chi connectivity index (χ3v) is 2.90. The van der Waals surface area contributed by atoms with Gasteiger partial charge in [-0.25, -0.2) is 4.98 Å². The third kappa shape index (κ3) is 2.44. The van der Waals surface area contributed by atoms with Gasteiger partial charge in [-0.05, 0) is 5.92 Å². The first kappa shape index (κ1) is 11.6. The number of hydrogen-bond donors (Lipinski definition) is 1. The van der Waals surface area contributed by atoms with E-state index < -0.39 is 0 Å². The second kappa shape index (κ2) is 4.97. The van der Waals surface area contributed by atoms with Crippen LogP contribution in [0.2, 0.25) is 0 Å². The summed E-state index contributed by atoms with van der Waals surface area (Å²) in [6.07, 6.45) is 1.90. The lowest BCUT2D eigenvalue weighted by Gasteiger charge is -2.24. The lowest BCUT2D eigenvalue weighted by Crippen LogP contribution is -2.32. The number of aromatic nitrogens is 2. The van der Waals surface area contributed by atoms with Gasteiger partial charge in [0.15, 0.2) is 0 Å². The Kier molecular flexibility index (Phi) is 3.61. The van der Waals surface area contributed by atoms with Crippen molar-refractivity contribution in [2.24, 2.45) is 13.0 Å². The molecule has 0 radical (unpaired) electrons. The SMILES string of the molecule is CC(C)COC[C@H]1CNCc2ncn(C)c21. The molecule has 0 saturated heterocycles. The summed E-state index contributed by atoms with van der Waals surface area (Å²) >= 11 is 0. The summed E-state index contributed by atoms with van der Waals surface area (Å²) in [7, 11) is 2.06. The van der Waals surface area contributed by atoms with Crippen LogP contribution in [0, 0.1) is 5.92 Å². The molecule has 1 aliphatic rings. The third-order valence-electron chi connectivity index (χ3n) is 2.90. The Morgan fingerprint density at radius 1 is 1.62 bits per heavy atom. The summed E-state index contributed by atoms with van der Waals surface area (Å²) in [5, 5.41) is 3.39. The van der Waals surface area contributed by atoms with Crippen molar-refractivity contribution in [3.63, 3.8) is 0 Å². The van der Waals surface area contributed by atoms with E-state index in [1.165, 1.54) is 11.4 Å². The van der Waals surface area contributed by atoms with Crippen LogP contribution in [-0.2, 0) is 18.3 Å². The second-order valence-corrected chi connectivity index (χ2v) is 4.95. The van der Waals surface area contributed by atoms with Gasteiger partial charge in [0, 0.05) is 38.4 Å². The van der Waals surface area contributed by atoms with Crippen molar-refractivity contribution < 1.29 is 4.74 Å². The Hall–Kier alpha value is -0.870. The minimum atomic E-state index is 0.440. The standard InChI is InChI=1S/C12H21N3O/c1-9(2)6-16-7-10-4-13-5-11-12(10)15(3)8-14-11/h8-10,13H,4-7H2,1-3H3/t10-/m1/s1. The molecule has 0 bridgehead atoms. The predicted molar refractivity (Wildman–Crippen MR) is 63.3 cm³/mol. The molecule has 1 aromatic heterocycles. The van der Waals surface area contributed by atoms with Crippen molar-refractivity contribution in [1.29, 1.82) is 0 Å². The maximum atomic E-state index is 5.73. The molecule has 1 atom stereocenters. The fraction of sp³-hybridized carbons (Fsp3) is 0.750. The smallest absolute Gasteiger partial charge is 0.0949 e. The lowest BCUT2D eigenvalue weighted by atomic mass is 10.0. The van der Waals surface area contributed by atoms with E-state index in [2.05, 4.69) is 35.8 Å². The zero-order chi connectivity index (χ0) is 11.5. The molecule has 0 amide bonds. The van der Waals surface area contributed by atoms with Gasteiger partial charge in [0.05, 0.1) is 18.6 Å². The van der Waals surface area contributed by atoms with Crippen molar-refractivity contribution >= 4 is 0 Å². The molecule has 2 heterocycles. The molecular formula is C12H21N3O. The predicted octanol–water partition coefficient (Wildman–Crippen LogP) is 1.28. The molecule has 0 fully saturated rings. The summed E-state index contributed by atoms with van der Waals surface area (Å²) in [4.78, 5) is 4.39. The number of fused-ring (bicyclic) bond motifs is 1. The number of hydrogen-bond acceptors (Lipinski definition) is 3. The number of aryl methyl sites for hydroxylation is 1. The van der Waals surface area contributed by atoms with E-state index in [9.17, 15) is 0 Å². The monoisotopic (exact) mass is 223 g/mol. The molecular weight excluding hydrogens is 202 g/mol. The fourth-order valence-electron chi connectivity index (χ4n) is 2.19. The first-order valence-electron chi connectivity index (χ1n) is 5.97. The van der Waals surface area contributed by atoms with E-state index >= 15 is 0 Å². The Bertz CT molecular complexity index is 346. The molecule has 2 rings (SSSR count). The highest BCUT2D eigenvalue weighted by atomic mass is 16.5. The van der Waals surface area contributed by atoms with Crippen LogP contribution in [0.4, 0.5) is 0 Å². The Labute approximate surface area is 97.0 Å². The highest BCUT2D eigenvalue weighted by Gasteiger charge is 2.23. The summed E-state index contributed by atoms with van der Waals surface area (Å²) in [6, 6.07) is 0. The van der Waals surface area contributed by atoms with Crippen molar-refractivity contribution in [1.82, 2.24) is 14.9 Å². The van der Waals surface area contributed by atoms with Crippen LogP contribution in [0.1, 0.15) is 31.2 Å². The number of nitrogens with one attached hydrogen (secondary N) is 1. The first-order valence-corrected chi connectivity index (χ1v) is 5.97. The van der Waals surface area contributed by atoms with E-state index in [4.69, 9.17) is 4.74 Å². The van der Waals surface area contributed by atoms with E-state index in [-0.39, 0.29) is 0 Å². The minimum Gasteiger partial charge on any atom is -0.380 e. The quantitative estimate of drug-likeness (QED) is 0.835. The van der Waals surface area contributed by atoms with Crippen molar-refractivity contribution in [3.8, 4) is 0 Å². The maximum Gasteiger partial charge on any atom is 0.0949 e. The molecule has 90 valence electrons.